The van der Waals surface area contributed by atoms with Crippen molar-refractivity contribution in [3.05, 3.63) is 29.8 Å². The number of para-hydroxylation sites is 1. The Morgan fingerprint density at radius 2 is 1.91 bits per heavy atom. The number of carbonyl (C=O) groups excluding carboxylic acids is 2. The van der Waals surface area contributed by atoms with Crippen molar-refractivity contribution in [1.29, 1.82) is 0 Å². The summed E-state index contributed by atoms with van der Waals surface area (Å²) in [5.41, 5.74) is 0.877. The lowest BCUT2D eigenvalue weighted by Crippen LogP contribution is -2.45. The monoisotopic (exact) mass is 306 g/mol. The summed E-state index contributed by atoms with van der Waals surface area (Å²) in [6, 6.07) is 6.15. The van der Waals surface area contributed by atoms with Crippen LogP contribution in [0.15, 0.2) is 24.3 Å². The van der Waals surface area contributed by atoms with Crippen molar-refractivity contribution in [2.45, 2.75) is 33.2 Å². The van der Waals surface area contributed by atoms with Gasteiger partial charge in [-0.25, -0.2) is 0 Å². The molecule has 0 aliphatic rings. The third kappa shape index (κ3) is 4.96. The second-order valence-corrected chi connectivity index (χ2v) is 5.13. The highest BCUT2D eigenvalue weighted by molar-refractivity contribution is 6.04. The Morgan fingerprint density at radius 3 is 2.45 bits per heavy atom. The van der Waals surface area contributed by atoms with Crippen LogP contribution in [0.3, 0.4) is 0 Å². The number of aliphatic carboxylic acids is 1. The first kappa shape index (κ1) is 17.8. The molecule has 0 aliphatic carbocycles. The molecule has 0 saturated heterocycles. The number of carboxylic acid groups (broad SMARTS) is 1. The van der Waals surface area contributed by atoms with Gasteiger partial charge in [-0.05, 0) is 38.9 Å². The smallest absolute Gasteiger partial charge is 0.317 e. The zero-order chi connectivity index (χ0) is 16.7. The molecule has 0 spiro atoms. The predicted octanol–water partition coefficient (Wildman–Crippen LogP) is 2.01. The number of hydrogen-bond acceptors (Lipinski definition) is 4. The maximum Gasteiger partial charge on any atom is 0.317 e. The molecule has 1 unspecified atom stereocenters. The van der Waals surface area contributed by atoms with Crippen LogP contribution >= 0.6 is 0 Å². The van der Waals surface area contributed by atoms with Crippen LogP contribution in [0.5, 0.6) is 0 Å². The molecule has 2 N–H and O–H groups in total. The van der Waals surface area contributed by atoms with Crippen LogP contribution in [0.25, 0.3) is 0 Å². The van der Waals surface area contributed by atoms with Gasteiger partial charge < -0.3 is 10.4 Å². The summed E-state index contributed by atoms with van der Waals surface area (Å²) in [4.78, 5) is 36.4. The number of amides is 1. The minimum atomic E-state index is -0.975. The SMILES string of the molecule is CCCN(CC(=O)O)C(C)C(=O)Nc1ccccc1C(C)=O. The van der Waals surface area contributed by atoms with E-state index in [0.29, 0.717) is 17.8 Å². The zero-order valence-electron chi connectivity index (χ0n) is 13.1. The number of anilines is 1. The molecule has 0 aromatic heterocycles. The van der Waals surface area contributed by atoms with Gasteiger partial charge in [-0.2, -0.15) is 0 Å². The molecule has 120 valence electrons. The maximum absolute atomic E-state index is 12.3. The molecule has 6 heteroatoms. The molecule has 1 aromatic rings. The topological polar surface area (TPSA) is 86.7 Å². The zero-order valence-corrected chi connectivity index (χ0v) is 13.1. The molecule has 6 nitrogen and oxygen atoms in total. The number of benzene rings is 1. The summed E-state index contributed by atoms with van der Waals surface area (Å²) in [5, 5.41) is 11.6. The molecule has 22 heavy (non-hydrogen) atoms. The van der Waals surface area contributed by atoms with Crippen LogP contribution in [-0.4, -0.2) is 46.8 Å². The quantitative estimate of drug-likeness (QED) is 0.717. The van der Waals surface area contributed by atoms with E-state index in [0.717, 1.165) is 6.42 Å². The average Bonchev–Trinajstić information content (AvgIpc) is 2.45. The highest BCUT2D eigenvalue weighted by atomic mass is 16.4. The number of Topliss-reactive ketones (excluding diaryl/α,β-unsaturated/α-hetero) is 1. The van der Waals surface area contributed by atoms with Crippen molar-refractivity contribution >= 4 is 23.3 Å². The van der Waals surface area contributed by atoms with Crippen LogP contribution in [0.1, 0.15) is 37.6 Å². The largest absolute Gasteiger partial charge is 0.480 e. The first-order valence-corrected chi connectivity index (χ1v) is 7.23. The van der Waals surface area contributed by atoms with E-state index in [1.54, 1.807) is 36.1 Å². The van der Waals surface area contributed by atoms with Gasteiger partial charge in [-0.1, -0.05) is 19.1 Å². The molecule has 1 amide bonds. The van der Waals surface area contributed by atoms with Crippen molar-refractivity contribution in [1.82, 2.24) is 4.90 Å². The average molecular weight is 306 g/mol. The van der Waals surface area contributed by atoms with E-state index in [1.165, 1.54) is 6.92 Å². The number of nitrogens with zero attached hydrogens (tertiary/aromatic N) is 1. The summed E-state index contributed by atoms with van der Waals surface area (Å²) in [7, 11) is 0. The molecule has 0 aliphatic heterocycles. The first-order chi connectivity index (χ1) is 10.4. The van der Waals surface area contributed by atoms with E-state index in [1.807, 2.05) is 6.92 Å². The van der Waals surface area contributed by atoms with Crippen molar-refractivity contribution < 1.29 is 19.5 Å². The molecule has 0 bridgehead atoms. The first-order valence-electron chi connectivity index (χ1n) is 7.23. The summed E-state index contributed by atoms with van der Waals surface area (Å²) in [6.45, 7) is 5.32. The minimum absolute atomic E-state index is 0.139. The minimum Gasteiger partial charge on any atom is -0.480 e. The van der Waals surface area contributed by atoms with Crippen LogP contribution < -0.4 is 5.32 Å². The second kappa shape index (κ2) is 8.29. The van der Waals surface area contributed by atoms with E-state index in [-0.39, 0.29) is 18.2 Å². The van der Waals surface area contributed by atoms with Crippen LogP contribution in [0.2, 0.25) is 0 Å². The van der Waals surface area contributed by atoms with Crippen molar-refractivity contribution in [2.75, 3.05) is 18.4 Å². The fourth-order valence-electron chi connectivity index (χ4n) is 2.17. The van der Waals surface area contributed by atoms with E-state index in [4.69, 9.17) is 5.11 Å². The van der Waals surface area contributed by atoms with Crippen molar-refractivity contribution in [3.63, 3.8) is 0 Å². The van der Waals surface area contributed by atoms with Crippen molar-refractivity contribution in [3.8, 4) is 0 Å². The second-order valence-electron chi connectivity index (χ2n) is 5.13. The lowest BCUT2D eigenvalue weighted by Gasteiger charge is -2.26. The van der Waals surface area contributed by atoms with Crippen LogP contribution in [0, 0.1) is 0 Å². The lowest BCUT2D eigenvalue weighted by atomic mass is 10.1. The van der Waals surface area contributed by atoms with Gasteiger partial charge in [0.1, 0.15) is 0 Å². The Hall–Kier alpha value is -2.21. The highest BCUT2D eigenvalue weighted by Gasteiger charge is 2.23. The molecular formula is C16H22N2O4. The van der Waals surface area contributed by atoms with Gasteiger partial charge >= 0.3 is 5.97 Å². The summed E-state index contributed by atoms with van der Waals surface area (Å²) >= 11 is 0. The Balaban J connectivity index is 2.86. The number of nitrogens with one attached hydrogen (secondary N) is 1. The van der Waals surface area contributed by atoms with Gasteiger partial charge in [0, 0.05) is 5.56 Å². The number of ketones is 1. The highest BCUT2D eigenvalue weighted by Crippen LogP contribution is 2.16. The lowest BCUT2D eigenvalue weighted by molar-refractivity contribution is -0.139. The summed E-state index contributed by atoms with van der Waals surface area (Å²) in [6.07, 6.45) is 0.745. The van der Waals surface area contributed by atoms with Gasteiger partial charge in [0.15, 0.2) is 5.78 Å². The van der Waals surface area contributed by atoms with Crippen molar-refractivity contribution in [2.24, 2.45) is 0 Å². The normalized spacial score (nSPS) is 12.0. The van der Waals surface area contributed by atoms with Gasteiger partial charge in [0.2, 0.25) is 5.91 Å². The fourth-order valence-corrected chi connectivity index (χ4v) is 2.17. The molecule has 0 radical (unpaired) electrons. The third-order valence-electron chi connectivity index (χ3n) is 3.34. The van der Waals surface area contributed by atoms with Gasteiger partial charge in [0.05, 0.1) is 18.3 Å². The fraction of sp³-hybridized carbons (Fsp3) is 0.438. The van der Waals surface area contributed by atoms with E-state index >= 15 is 0 Å². The maximum atomic E-state index is 12.3. The number of hydrogen-bond donors (Lipinski definition) is 2. The predicted molar refractivity (Wildman–Crippen MR) is 84.0 cm³/mol. The molecule has 1 rings (SSSR count). The molecule has 1 atom stereocenters. The number of rotatable bonds is 8. The molecule has 0 fully saturated rings. The number of carbonyl (C=O) groups is 3. The summed E-state index contributed by atoms with van der Waals surface area (Å²) in [5.74, 6) is -1.44. The summed E-state index contributed by atoms with van der Waals surface area (Å²) < 4.78 is 0. The van der Waals surface area contributed by atoms with E-state index in [2.05, 4.69) is 5.32 Å². The molecular weight excluding hydrogens is 284 g/mol. The molecule has 1 aromatic carbocycles. The van der Waals surface area contributed by atoms with E-state index in [9.17, 15) is 14.4 Å². The Labute approximate surface area is 130 Å². The van der Waals surface area contributed by atoms with Gasteiger partial charge in [-0.15, -0.1) is 0 Å². The van der Waals surface area contributed by atoms with E-state index < -0.39 is 12.0 Å². The molecule has 0 saturated carbocycles. The Kier molecular flexibility index (Phi) is 6.72. The molecule has 0 heterocycles. The Bertz CT molecular complexity index is 557. The Morgan fingerprint density at radius 1 is 1.27 bits per heavy atom. The van der Waals surface area contributed by atoms with Crippen LogP contribution in [-0.2, 0) is 9.59 Å². The standard InChI is InChI=1S/C16H22N2O4/c1-4-9-18(10-15(20)21)11(2)16(22)17-14-8-6-5-7-13(14)12(3)19/h5-8,11H,4,9-10H2,1-3H3,(H,17,22)(H,20,21). The number of carboxylic acids is 1. The third-order valence-corrected chi connectivity index (χ3v) is 3.34. The van der Waals surface area contributed by atoms with Gasteiger partial charge in [0.25, 0.3) is 0 Å². The van der Waals surface area contributed by atoms with Gasteiger partial charge in [-0.3, -0.25) is 19.3 Å². The van der Waals surface area contributed by atoms with Crippen LogP contribution in [0.4, 0.5) is 5.69 Å².